The van der Waals surface area contributed by atoms with Crippen molar-refractivity contribution in [3.05, 3.63) is 0 Å². The minimum absolute atomic E-state index is 0. The van der Waals surface area contributed by atoms with Crippen molar-refractivity contribution in [1.29, 1.82) is 0 Å². The average molecular weight is 447 g/mol. The summed E-state index contributed by atoms with van der Waals surface area (Å²) >= 11 is 0. The van der Waals surface area contributed by atoms with Crippen LogP contribution in [-0.2, 0) is 19.3 Å². The van der Waals surface area contributed by atoms with Crippen LogP contribution >= 0.6 is 0 Å². The molecule has 0 bridgehead atoms. The van der Waals surface area contributed by atoms with Crippen molar-refractivity contribution in [2.24, 2.45) is 5.92 Å². The van der Waals surface area contributed by atoms with E-state index in [9.17, 15) is 18.1 Å². The molecule has 0 aromatic carbocycles. The zero-order valence-corrected chi connectivity index (χ0v) is 21.9. The molecular formula is C21H43NaO6S. The van der Waals surface area contributed by atoms with Gasteiger partial charge in [-0.25, -0.2) is 8.42 Å². The van der Waals surface area contributed by atoms with Crippen LogP contribution in [0, 0.1) is 5.92 Å². The molecule has 29 heavy (non-hydrogen) atoms. The van der Waals surface area contributed by atoms with Gasteiger partial charge in [-0.05, 0) is 12.3 Å². The maximum atomic E-state index is 10.2. The SMILES string of the molecule is CC(C)CCCCCCCCCCCCCCCOCC(O)COS(=O)(=O)[O-].[Na+]. The molecule has 0 rings (SSSR count). The molecule has 0 aromatic rings. The van der Waals surface area contributed by atoms with Gasteiger partial charge in [-0.15, -0.1) is 0 Å². The van der Waals surface area contributed by atoms with Gasteiger partial charge in [0.2, 0.25) is 10.4 Å². The molecule has 170 valence electrons. The van der Waals surface area contributed by atoms with Crippen LogP contribution in [0.25, 0.3) is 0 Å². The number of aliphatic hydroxyl groups is 1. The Kier molecular flexibility index (Phi) is 24.3. The van der Waals surface area contributed by atoms with E-state index in [0.717, 1.165) is 18.8 Å². The largest absolute Gasteiger partial charge is 1.00 e. The predicted octanol–water partition coefficient (Wildman–Crippen LogP) is 1.96. The molecule has 0 heterocycles. The Morgan fingerprint density at radius 2 is 1.17 bits per heavy atom. The number of hydrogen-bond acceptors (Lipinski definition) is 6. The molecule has 0 amide bonds. The Balaban J connectivity index is 0. The fourth-order valence-corrected chi connectivity index (χ4v) is 3.45. The zero-order valence-electron chi connectivity index (χ0n) is 19.1. The first-order valence-corrected chi connectivity index (χ1v) is 12.5. The van der Waals surface area contributed by atoms with E-state index in [1.54, 1.807) is 0 Å². The van der Waals surface area contributed by atoms with Gasteiger partial charge in [-0.3, -0.25) is 4.18 Å². The van der Waals surface area contributed by atoms with E-state index >= 15 is 0 Å². The minimum Gasteiger partial charge on any atom is -0.726 e. The summed E-state index contributed by atoms with van der Waals surface area (Å²) in [4.78, 5) is 0. The Morgan fingerprint density at radius 1 is 0.759 bits per heavy atom. The van der Waals surface area contributed by atoms with E-state index in [1.165, 1.54) is 77.0 Å². The maximum absolute atomic E-state index is 10.2. The van der Waals surface area contributed by atoms with Crippen LogP contribution < -0.4 is 29.6 Å². The second-order valence-electron chi connectivity index (χ2n) is 8.20. The first-order chi connectivity index (χ1) is 13.3. The van der Waals surface area contributed by atoms with Crippen molar-refractivity contribution in [1.82, 2.24) is 0 Å². The van der Waals surface area contributed by atoms with Crippen molar-refractivity contribution >= 4 is 10.4 Å². The van der Waals surface area contributed by atoms with E-state index < -0.39 is 23.1 Å². The summed E-state index contributed by atoms with van der Waals surface area (Å²) in [5.74, 6) is 0.846. The van der Waals surface area contributed by atoms with Crippen molar-refractivity contribution < 1.29 is 56.6 Å². The summed E-state index contributed by atoms with van der Waals surface area (Å²) < 4.78 is 40.0. The van der Waals surface area contributed by atoms with Crippen molar-refractivity contribution in [2.45, 2.75) is 110 Å². The number of unbranched alkanes of at least 4 members (excludes halogenated alkanes) is 12. The van der Waals surface area contributed by atoms with E-state index in [2.05, 4.69) is 18.0 Å². The van der Waals surface area contributed by atoms with Crippen molar-refractivity contribution in [2.75, 3.05) is 19.8 Å². The smallest absolute Gasteiger partial charge is 0.726 e. The molecule has 1 atom stereocenters. The van der Waals surface area contributed by atoms with Crippen molar-refractivity contribution in [3.8, 4) is 0 Å². The van der Waals surface area contributed by atoms with Crippen molar-refractivity contribution in [3.63, 3.8) is 0 Å². The Bertz CT molecular complexity index is 431. The number of rotatable bonds is 21. The molecule has 1 N–H and O–H groups in total. The predicted molar refractivity (Wildman–Crippen MR) is 112 cm³/mol. The third-order valence-corrected chi connectivity index (χ3v) is 5.21. The van der Waals surface area contributed by atoms with E-state index in [-0.39, 0.29) is 36.2 Å². The quantitative estimate of drug-likeness (QED) is 0.125. The van der Waals surface area contributed by atoms with Gasteiger partial charge < -0.3 is 14.4 Å². The van der Waals surface area contributed by atoms with Crippen LogP contribution in [0.4, 0.5) is 0 Å². The third kappa shape index (κ3) is 28.8. The molecule has 1 unspecified atom stereocenters. The monoisotopic (exact) mass is 446 g/mol. The minimum atomic E-state index is -4.75. The molecule has 0 radical (unpaired) electrons. The molecule has 0 saturated heterocycles. The van der Waals surface area contributed by atoms with Gasteiger partial charge in [0.15, 0.2) is 0 Å². The fourth-order valence-electron chi connectivity index (χ4n) is 3.13. The molecular weight excluding hydrogens is 403 g/mol. The van der Waals surface area contributed by atoms with Gasteiger partial charge in [0.25, 0.3) is 0 Å². The third-order valence-electron chi connectivity index (χ3n) is 4.79. The molecule has 0 fully saturated rings. The standard InChI is InChI=1S/C21H44O6S.Na/c1-20(2)16-14-12-10-8-6-4-3-5-7-9-11-13-15-17-26-18-21(22)19-27-28(23,24)25;/h20-22H,3-19H2,1-2H3,(H,23,24,25);/q;+1/p-1. The summed E-state index contributed by atoms with van der Waals surface area (Å²) in [6.07, 6.45) is 17.1. The Morgan fingerprint density at radius 3 is 1.59 bits per heavy atom. The molecule has 6 nitrogen and oxygen atoms in total. The summed E-state index contributed by atoms with van der Waals surface area (Å²) in [6, 6.07) is 0. The van der Waals surface area contributed by atoms with Gasteiger partial charge in [0.1, 0.15) is 6.10 Å². The first-order valence-electron chi connectivity index (χ1n) is 11.2. The molecule has 0 aliphatic rings. The molecule has 0 aliphatic carbocycles. The van der Waals surface area contributed by atoms with E-state index in [1.807, 2.05) is 0 Å². The number of ether oxygens (including phenoxy) is 1. The molecule has 0 aromatic heterocycles. The van der Waals surface area contributed by atoms with Crippen LogP contribution in [0.1, 0.15) is 104 Å². The normalized spacial score (nSPS) is 12.9. The van der Waals surface area contributed by atoms with Crippen LogP contribution in [0.2, 0.25) is 0 Å². The summed E-state index contributed by atoms with van der Waals surface area (Å²) in [7, 11) is -4.75. The van der Waals surface area contributed by atoms with Gasteiger partial charge >= 0.3 is 29.6 Å². The molecule has 0 spiro atoms. The van der Waals surface area contributed by atoms with Crippen LogP contribution in [0.3, 0.4) is 0 Å². The molecule has 8 heteroatoms. The van der Waals surface area contributed by atoms with E-state index in [4.69, 9.17) is 4.74 Å². The van der Waals surface area contributed by atoms with Crippen LogP contribution in [0.15, 0.2) is 0 Å². The van der Waals surface area contributed by atoms with Gasteiger partial charge in [-0.1, -0.05) is 97.3 Å². The Hall–Kier alpha value is 0.790. The summed E-state index contributed by atoms with van der Waals surface area (Å²) in [5, 5.41) is 9.39. The van der Waals surface area contributed by atoms with Crippen LogP contribution in [0.5, 0.6) is 0 Å². The second-order valence-corrected chi connectivity index (χ2v) is 9.25. The van der Waals surface area contributed by atoms with Gasteiger partial charge in [0.05, 0.1) is 13.2 Å². The zero-order chi connectivity index (χ0) is 21.1. The number of hydrogen-bond donors (Lipinski definition) is 1. The maximum Gasteiger partial charge on any atom is 1.00 e. The molecule has 0 aliphatic heterocycles. The first kappa shape index (κ1) is 32.0. The summed E-state index contributed by atoms with van der Waals surface area (Å²) in [5.41, 5.74) is 0. The van der Waals surface area contributed by atoms with Crippen LogP contribution in [-0.4, -0.2) is 44.0 Å². The fraction of sp³-hybridized carbons (Fsp3) is 1.00. The number of aliphatic hydroxyl groups excluding tert-OH is 1. The van der Waals surface area contributed by atoms with Gasteiger partial charge in [0, 0.05) is 6.61 Å². The molecule has 0 saturated carbocycles. The summed E-state index contributed by atoms with van der Waals surface area (Å²) in [6.45, 7) is 4.55. The van der Waals surface area contributed by atoms with Gasteiger partial charge in [-0.2, -0.15) is 0 Å². The average Bonchev–Trinajstić information content (AvgIpc) is 2.61. The second kappa shape index (κ2) is 22.0. The topological polar surface area (TPSA) is 95.9 Å². The Labute approximate surface area is 201 Å². The van der Waals surface area contributed by atoms with E-state index in [0.29, 0.717) is 6.61 Å².